The van der Waals surface area contributed by atoms with Crippen molar-refractivity contribution in [2.45, 2.75) is 26.3 Å². The number of rotatable bonds is 2. The van der Waals surface area contributed by atoms with Crippen LogP contribution >= 0.6 is 0 Å². The number of likely N-dealkylation sites (tertiary alicyclic amines) is 1. The van der Waals surface area contributed by atoms with Crippen molar-refractivity contribution in [3.8, 4) is 11.8 Å². The molecule has 0 saturated carbocycles. The second kappa shape index (κ2) is 6.58. The topological polar surface area (TPSA) is 29.3 Å². The molecule has 0 bridgehead atoms. The number of hydrogen-bond donors (Lipinski definition) is 1. The van der Waals surface area contributed by atoms with Gasteiger partial charge in [-0.25, -0.2) is 0 Å². The van der Waals surface area contributed by atoms with E-state index in [1.54, 1.807) is 0 Å². The zero-order valence-electron chi connectivity index (χ0n) is 11.2. The number of benzene rings is 1. The van der Waals surface area contributed by atoms with Crippen molar-refractivity contribution in [3.63, 3.8) is 0 Å². The first-order valence-corrected chi connectivity index (χ1v) is 6.79. The maximum absolute atomic E-state index is 5.44. The van der Waals surface area contributed by atoms with E-state index in [4.69, 9.17) is 5.73 Å². The Hall–Kier alpha value is -1.30. The molecular formula is C16H22N2. The fraction of sp³-hybridized carbons (Fsp3) is 0.500. The van der Waals surface area contributed by atoms with Crippen molar-refractivity contribution >= 4 is 0 Å². The summed E-state index contributed by atoms with van der Waals surface area (Å²) in [6.45, 7) is 6.20. The summed E-state index contributed by atoms with van der Waals surface area (Å²) in [6, 6.07) is 8.40. The van der Waals surface area contributed by atoms with Gasteiger partial charge in [0.05, 0.1) is 6.54 Å². The number of nitrogens with zero attached hydrogens (tertiary/aromatic N) is 1. The standard InChI is InChI=1S/C16H22N2/c1-14-8-11-18(12-9-14)13-16-6-3-2-5-15(16)7-4-10-17/h2-3,5-6,14H,8-13,17H2,1H3. The molecule has 1 aromatic carbocycles. The Balaban J connectivity index is 2.04. The van der Waals surface area contributed by atoms with Crippen LogP contribution < -0.4 is 5.73 Å². The van der Waals surface area contributed by atoms with Gasteiger partial charge in [-0.15, -0.1) is 0 Å². The Bertz CT molecular complexity index is 434. The predicted octanol–water partition coefficient (Wildman–Crippen LogP) is 2.23. The Kier molecular flexibility index (Phi) is 4.81. The third kappa shape index (κ3) is 3.60. The summed E-state index contributed by atoms with van der Waals surface area (Å²) in [7, 11) is 0. The molecule has 2 heteroatoms. The second-order valence-corrected chi connectivity index (χ2v) is 5.12. The molecule has 1 heterocycles. The first-order valence-electron chi connectivity index (χ1n) is 6.79. The summed E-state index contributed by atoms with van der Waals surface area (Å²) in [6.07, 6.45) is 2.63. The minimum atomic E-state index is 0.426. The molecule has 0 amide bonds. The highest BCUT2D eigenvalue weighted by molar-refractivity contribution is 5.41. The van der Waals surface area contributed by atoms with E-state index in [-0.39, 0.29) is 0 Å². The monoisotopic (exact) mass is 242 g/mol. The smallest absolute Gasteiger partial charge is 0.0555 e. The number of piperidine rings is 1. The van der Waals surface area contributed by atoms with Crippen molar-refractivity contribution < 1.29 is 0 Å². The molecule has 0 radical (unpaired) electrons. The Morgan fingerprint density at radius 3 is 2.72 bits per heavy atom. The van der Waals surface area contributed by atoms with Gasteiger partial charge in [0, 0.05) is 12.1 Å². The lowest BCUT2D eigenvalue weighted by molar-refractivity contribution is 0.185. The summed E-state index contributed by atoms with van der Waals surface area (Å²) < 4.78 is 0. The lowest BCUT2D eigenvalue weighted by atomic mass is 9.98. The van der Waals surface area contributed by atoms with Gasteiger partial charge in [-0.05, 0) is 43.5 Å². The van der Waals surface area contributed by atoms with E-state index < -0.39 is 0 Å². The Labute approximate surface area is 110 Å². The minimum Gasteiger partial charge on any atom is -0.320 e. The molecular weight excluding hydrogens is 220 g/mol. The van der Waals surface area contributed by atoms with Gasteiger partial charge in [0.2, 0.25) is 0 Å². The average Bonchev–Trinajstić information content (AvgIpc) is 2.40. The van der Waals surface area contributed by atoms with Gasteiger partial charge in [-0.3, -0.25) is 4.90 Å². The van der Waals surface area contributed by atoms with Crippen LogP contribution in [0.3, 0.4) is 0 Å². The van der Waals surface area contributed by atoms with Crippen LogP contribution in [0.25, 0.3) is 0 Å². The molecule has 2 nitrogen and oxygen atoms in total. The average molecular weight is 242 g/mol. The largest absolute Gasteiger partial charge is 0.320 e. The summed E-state index contributed by atoms with van der Waals surface area (Å²) >= 11 is 0. The normalized spacial score (nSPS) is 17.2. The first-order chi connectivity index (χ1) is 8.79. The maximum Gasteiger partial charge on any atom is 0.0555 e. The second-order valence-electron chi connectivity index (χ2n) is 5.12. The van der Waals surface area contributed by atoms with Crippen molar-refractivity contribution in [3.05, 3.63) is 35.4 Å². The molecule has 1 aliphatic heterocycles. The fourth-order valence-electron chi connectivity index (χ4n) is 2.39. The van der Waals surface area contributed by atoms with E-state index >= 15 is 0 Å². The highest BCUT2D eigenvalue weighted by atomic mass is 15.1. The lowest BCUT2D eigenvalue weighted by Gasteiger charge is -2.30. The van der Waals surface area contributed by atoms with Gasteiger partial charge in [-0.2, -0.15) is 0 Å². The molecule has 0 spiro atoms. The van der Waals surface area contributed by atoms with Gasteiger partial charge in [0.1, 0.15) is 0 Å². The van der Waals surface area contributed by atoms with Gasteiger partial charge >= 0.3 is 0 Å². The van der Waals surface area contributed by atoms with Crippen LogP contribution in [0, 0.1) is 17.8 Å². The molecule has 0 aromatic heterocycles. The summed E-state index contributed by atoms with van der Waals surface area (Å²) in [5.41, 5.74) is 7.90. The maximum atomic E-state index is 5.44. The molecule has 1 saturated heterocycles. The Morgan fingerprint density at radius 2 is 2.00 bits per heavy atom. The molecule has 1 fully saturated rings. The molecule has 0 atom stereocenters. The van der Waals surface area contributed by atoms with Crippen molar-refractivity contribution in [1.29, 1.82) is 0 Å². The zero-order valence-corrected chi connectivity index (χ0v) is 11.2. The van der Waals surface area contributed by atoms with E-state index in [9.17, 15) is 0 Å². The summed E-state index contributed by atoms with van der Waals surface area (Å²) in [4.78, 5) is 2.53. The summed E-state index contributed by atoms with van der Waals surface area (Å²) in [5.74, 6) is 7.00. The third-order valence-corrected chi connectivity index (χ3v) is 3.61. The van der Waals surface area contributed by atoms with E-state index in [2.05, 4.69) is 41.9 Å². The van der Waals surface area contributed by atoms with Crippen molar-refractivity contribution in [2.75, 3.05) is 19.6 Å². The molecule has 1 aromatic rings. The van der Waals surface area contributed by atoms with Crippen LogP contribution in [-0.4, -0.2) is 24.5 Å². The third-order valence-electron chi connectivity index (χ3n) is 3.61. The van der Waals surface area contributed by atoms with E-state index in [0.29, 0.717) is 6.54 Å². The molecule has 1 aliphatic rings. The van der Waals surface area contributed by atoms with E-state index in [0.717, 1.165) is 18.0 Å². The molecule has 96 valence electrons. The SMILES string of the molecule is CC1CCN(Cc2ccccc2C#CCN)CC1. The molecule has 18 heavy (non-hydrogen) atoms. The van der Waals surface area contributed by atoms with Crippen LogP contribution in [0.4, 0.5) is 0 Å². The van der Waals surface area contributed by atoms with E-state index in [1.165, 1.54) is 31.5 Å². The quantitative estimate of drug-likeness (QED) is 0.806. The van der Waals surface area contributed by atoms with E-state index in [1.807, 2.05) is 6.07 Å². The Morgan fingerprint density at radius 1 is 1.28 bits per heavy atom. The summed E-state index contributed by atoms with van der Waals surface area (Å²) in [5, 5.41) is 0. The first kappa shape index (κ1) is 13.1. The van der Waals surface area contributed by atoms with Gasteiger partial charge < -0.3 is 5.73 Å². The van der Waals surface area contributed by atoms with Crippen LogP contribution in [-0.2, 0) is 6.54 Å². The van der Waals surface area contributed by atoms with Crippen LogP contribution in [0.1, 0.15) is 30.9 Å². The zero-order chi connectivity index (χ0) is 12.8. The van der Waals surface area contributed by atoms with Crippen LogP contribution in [0.5, 0.6) is 0 Å². The lowest BCUT2D eigenvalue weighted by Crippen LogP contribution is -2.32. The predicted molar refractivity (Wildman–Crippen MR) is 76.0 cm³/mol. The molecule has 2 rings (SSSR count). The molecule has 2 N–H and O–H groups in total. The number of nitrogens with two attached hydrogens (primary N) is 1. The highest BCUT2D eigenvalue weighted by Gasteiger charge is 2.16. The van der Waals surface area contributed by atoms with Crippen LogP contribution in [0.2, 0.25) is 0 Å². The molecule has 0 aliphatic carbocycles. The highest BCUT2D eigenvalue weighted by Crippen LogP contribution is 2.19. The van der Waals surface area contributed by atoms with Crippen molar-refractivity contribution in [1.82, 2.24) is 4.90 Å². The number of hydrogen-bond acceptors (Lipinski definition) is 2. The van der Waals surface area contributed by atoms with Gasteiger partial charge in [0.25, 0.3) is 0 Å². The fourth-order valence-corrected chi connectivity index (χ4v) is 2.39. The van der Waals surface area contributed by atoms with Gasteiger partial charge in [0.15, 0.2) is 0 Å². The van der Waals surface area contributed by atoms with Gasteiger partial charge in [-0.1, -0.05) is 37.0 Å². The molecule has 0 unspecified atom stereocenters. The van der Waals surface area contributed by atoms with Crippen LogP contribution in [0.15, 0.2) is 24.3 Å². The minimum absolute atomic E-state index is 0.426. The van der Waals surface area contributed by atoms with Crippen molar-refractivity contribution in [2.24, 2.45) is 11.7 Å².